The molecule has 1 rings (SSSR count). The number of unbranched alkanes of at least 4 members (excludes halogenated alkanes) is 12. The molecule has 1 aliphatic heterocycles. The molecule has 5 nitrogen and oxygen atoms in total. The Morgan fingerprint density at radius 1 is 0.962 bits per heavy atom. The highest BCUT2D eigenvalue weighted by Crippen LogP contribution is 2.13. The van der Waals surface area contributed by atoms with Gasteiger partial charge in [0.15, 0.2) is 0 Å². The van der Waals surface area contributed by atoms with Gasteiger partial charge in [0.2, 0.25) is 0 Å². The smallest absolute Gasteiger partial charge is 0.313 e. The highest BCUT2D eigenvalue weighted by Gasteiger charge is 2.20. The van der Waals surface area contributed by atoms with E-state index in [2.05, 4.69) is 11.9 Å². The standard InChI is InChI=1S/C21H41N3O2/c1-2-3-4-5-6-7-8-9-10-11-12-13-14-15-20(25)26-21-23-17-19-24(21)18-16-22/h2-19,22H2,1H3. The van der Waals surface area contributed by atoms with Crippen molar-refractivity contribution in [2.24, 2.45) is 10.7 Å². The number of rotatable bonds is 16. The summed E-state index contributed by atoms with van der Waals surface area (Å²) in [5.41, 5.74) is 5.55. The molecule has 0 aromatic rings. The van der Waals surface area contributed by atoms with Crippen molar-refractivity contribution in [1.82, 2.24) is 4.90 Å². The van der Waals surface area contributed by atoms with Crippen LogP contribution >= 0.6 is 0 Å². The molecule has 0 atom stereocenters. The zero-order valence-electron chi connectivity index (χ0n) is 17.0. The van der Waals surface area contributed by atoms with Crippen LogP contribution in [0.25, 0.3) is 0 Å². The van der Waals surface area contributed by atoms with Gasteiger partial charge in [0.1, 0.15) is 0 Å². The summed E-state index contributed by atoms with van der Waals surface area (Å²) in [7, 11) is 0. The van der Waals surface area contributed by atoms with Gasteiger partial charge < -0.3 is 15.4 Å². The van der Waals surface area contributed by atoms with E-state index in [0.29, 0.717) is 32.1 Å². The van der Waals surface area contributed by atoms with Crippen molar-refractivity contribution in [3.63, 3.8) is 0 Å². The first-order valence-corrected chi connectivity index (χ1v) is 11.0. The Labute approximate surface area is 160 Å². The van der Waals surface area contributed by atoms with Gasteiger partial charge in [-0.3, -0.25) is 4.79 Å². The fourth-order valence-corrected chi connectivity index (χ4v) is 3.36. The van der Waals surface area contributed by atoms with Crippen LogP contribution in [-0.2, 0) is 9.53 Å². The number of esters is 1. The van der Waals surface area contributed by atoms with Crippen molar-refractivity contribution in [2.45, 2.75) is 96.8 Å². The lowest BCUT2D eigenvalue weighted by molar-refractivity contribution is -0.136. The monoisotopic (exact) mass is 367 g/mol. The highest BCUT2D eigenvalue weighted by molar-refractivity contribution is 5.88. The SMILES string of the molecule is CCCCCCCCCCCCCCCC(=O)OC1=NCCN1CCN. The number of carbonyl (C=O) groups is 1. The molecule has 0 spiro atoms. The van der Waals surface area contributed by atoms with E-state index in [1.54, 1.807) is 0 Å². The van der Waals surface area contributed by atoms with E-state index < -0.39 is 0 Å². The van der Waals surface area contributed by atoms with Crippen molar-refractivity contribution in [2.75, 3.05) is 26.2 Å². The lowest BCUT2D eigenvalue weighted by atomic mass is 10.0. The van der Waals surface area contributed by atoms with Crippen molar-refractivity contribution in [3.8, 4) is 0 Å². The number of amidine groups is 1. The lowest BCUT2D eigenvalue weighted by Gasteiger charge is -2.17. The van der Waals surface area contributed by atoms with Gasteiger partial charge in [-0.2, -0.15) is 0 Å². The minimum absolute atomic E-state index is 0.157. The lowest BCUT2D eigenvalue weighted by Crippen LogP contribution is -2.35. The minimum atomic E-state index is -0.157. The Kier molecular flexibility index (Phi) is 14.2. The predicted molar refractivity (Wildman–Crippen MR) is 109 cm³/mol. The van der Waals surface area contributed by atoms with Gasteiger partial charge >= 0.3 is 5.97 Å². The van der Waals surface area contributed by atoms with Crippen LogP contribution in [0.3, 0.4) is 0 Å². The van der Waals surface area contributed by atoms with E-state index in [1.165, 1.54) is 70.6 Å². The molecule has 1 heterocycles. The molecule has 0 saturated carbocycles. The van der Waals surface area contributed by atoms with Crippen molar-refractivity contribution >= 4 is 12.0 Å². The van der Waals surface area contributed by atoms with Gasteiger partial charge in [0.25, 0.3) is 6.02 Å². The fraction of sp³-hybridized carbons (Fsp3) is 0.905. The van der Waals surface area contributed by atoms with Crippen molar-refractivity contribution in [3.05, 3.63) is 0 Å². The van der Waals surface area contributed by atoms with E-state index in [9.17, 15) is 4.79 Å². The molecule has 26 heavy (non-hydrogen) atoms. The molecule has 152 valence electrons. The van der Waals surface area contributed by atoms with Gasteiger partial charge in [0, 0.05) is 26.1 Å². The third-order valence-corrected chi connectivity index (χ3v) is 4.98. The summed E-state index contributed by atoms with van der Waals surface area (Å²) in [6.07, 6.45) is 17.5. The molecule has 0 fully saturated rings. The third kappa shape index (κ3) is 11.5. The van der Waals surface area contributed by atoms with Crippen LogP contribution < -0.4 is 5.73 Å². The molecule has 0 aromatic heterocycles. The van der Waals surface area contributed by atoms with Crippen molar-refractivity contribution in [1.29, 1.82) is 0 Å². The summed E-state index contributed by atoms with van der Waals surface area (Å²) in [5, 5.41) is 0. The number of nitrogens with zero attached hydrogens (tertiary/aromatic N) is 2. The normalized spacial score (nSPS) is 13.9. The topological polar surface area (TPSA) is 67.9 Å². The maximum Gasteiger partial charge on any atom is 0.313 e. The molecule has 0 amide bonds. The second-order valence-electron chi connectivity index (χ2n) is 7.41. The fourth-order valence-electron chi connectivity index (χ4n) is 3.36. The molecule has 0 bridgehead atoms. The second-order valence-corrected chi connectivity index (χ2v) is 7.41. The van der Waals surface area contributed by atoms with Crippen LogP contribution in [0.2, 0.25) is 0 Å². The van der Waals surface area contributed by atoms with Gasteiger partial charge in [0.05, 0.1) is 6.54 Å². The molecular weight excluding hydrogens is 326 g/mol. The number of aliphatic imine (C=N–C) groups is 1. The summed E-state index contributed by atoms with van der Waals surface area (Å²) in [6.45, 7) is 5.02. The van der Waals surface area contributed by atoms with Gasteiger partial charge in [-0.15, -0.1) is 0 Å². The minimum Gasteiger partial charge on any atom is -0.393 e. The van der Waals surface area contributed by atoms with E-state index in [1.807, 2.05) is 4.90 Å². The number of ether oxygens (including phenoxy) is 1. The molecule has 0 unspecified atom stereocenters. The molecule has 5 heteroatoms. The molecule has 0 radical (unpaired) electrons. The van der Waals surface area contributed by atoms with Crippen LogP contribution in [0.5, 0.6) is 0 Å². The summed E-state index contributed by atoms with van der Waals surface area (Å²) < 4.78 is 5.36. The molecular formula is C21H41N3O2. The zero-order valence-corrected chi connectivity index (χ0v) is 17.0. The van der Waals surface area contributed by atoms with E-state index >= 15 is 0 Å². The van der Waals surface area contributed by atoms with Crippen LogP contribution in [0.15, 0.2) is 4.99 Å². The molecule has 2 N–H and O–H groups in total. The highest BCUT2D eigenvalue weighted by atomic mass is 16.6. The Hall–Kier alpha value is -1.10. The summed E-state index contributed by atoms with van der Waals surface area (Å²) >= 11 is 0. The molecule has 0 aromatic carbocycles. The first-order valence-electron chi connectivity index (χ1n) is 11.0. The summed E-state index contributed by atoms with van der Waals surface area (Å²) in [5.74, 6) is -0.157. The van der Waals surface area contributed by atoms with E-state index in [-0.39, 0.29) is 5.97 Å². The zero-order chi connectivity index (χ0) is 18.9. The Balaban J connectivity index is 1.86. The van der Waals surface area contributed by atoms with Gasteiger partial charge in [-0.25, -0.2) is 4.99 Å². The molecule has 1 aliphatic rings. The van der Waals surface area contributed by atoms with Crippen LogP contribution in [-0.4, -0.2) is 43.1 Å². The average Bonchev–Trinajstić information content (AvgIpc) is 3.06. The Morgan fingerprint density at radius 2 is 1.50 bits per heavy atom. The molecule has 0 saturated heterocycles. The number of nitrogens with two attached hydrogens (primary N) is 1. The van der Waals surface area contributed by atoms with Crippen LogP contribution in [0.1, 0.15) is 96.8 Å². The molecule has 0 aliphatic carbocycles. The largest absolute Gasteiger partial charge is 0.393 e. The number of hydrogen-bond acceptors (Lipinski definition) is 5. The summed E-state index contributed by atoms with van der Waals surface area (Å²) in [6, 6.07) is 0.468. The van der Waals surface area contributed by atoms with E-state index in [4.69, 9.17) is 10.5 Å². The summed E-state index contributed by atoms with van der Waals surface area (Å²) in [4.78, 5) is 18.1. The predicted octanol–water partition coefficient (Wildman–Crippen LogP) is 4.64. The van der Waals surface area contributed by atoms with Crippen LogP contribution in [0, 0.1) is 0 Å². The third-order valence-electron chi connectivity index (χ3n) is 4.98. The maximum absolute atomic E-state index is 11.9. The van der Waals surface area contributed by atoms with Gasteiger partial charge in [-0.1, -0.05) is 84.0 Å². The second kappa shape index (κ2) is 16.1. The van der Waals surface area contributed by atoms with E-state index in [0.717, 1.165) is 19.4 Å². The first-order chi connectivity index (χ1) is 12.8. The quantitative estimate of drug-likeness (QED) is 0.319. The van der Waals surface area contributed by atoms with Crippen LogP contribution in [0.4, 0.5) is 0 Å². The van der Waals surface area contributed by atoms with Gasteiger partial charge in [-0.05, 0) is 6.42 Å². The Bertz CT molecular complexity index is 385. The average molecular weight is 368 g/mol. The first kappa shape index (κ1) is 22.9. The number of carbonyl (C=O) groups excluding carboxylic acids is 1. The Morgan fingerprint density at radius 3 is 2.04 bits per heavy atom. The maximum atomic E-state index is 11.9. The van der Waals surface area contributed by atoms with Crippen molar-refractivity contribution < 1.29 is 9.53 Å². The number of hydrogen-bond donors (Lipinski definition) is 1.